The number of phenolic OH excluding ortho intramolecular Hbond substituents is 1. The minimum Gasteiger partial charge on any atom is -0.507 e. The summed E-state index contributed by atoms with van der Waals surface area (Å²) >= 11 is 0. The van der Waals surface area contributed by atoms with Crippen molar-refractivity contribution in [2.75, 3.05) is 33.1 Å². The topological polar surface area (TPSA) is 72.8 Å². The van der Waals surface area contributed by atoms with Gasteiger partial charge in [-0.3, -0.25) is 9.69 Å². The maximum atomic E-state index is 15.1. The number of piperidine rings is 1. The van der Waals surface area contributed by atoms with Crippen molar-refractivity contribution in [3.63, 3.8) is 0 Å². The Balaban J connectivity index is 1.56. The molecule has 1 aromatic heterocycles. The molecule has 2 bridgehead atoms. The van der Waals surface area contributed by atoms with Crippen LogP contribution < -0.4 is 4.90 Å². The van der Waals surface area contributed by atoms with Crippen LogP contribution in [0.3, 0.4) is 0 Å². The number of aromatic hydroxyl groups is 1. The van der Waals surface area contributed by atoms with Gasteiger partial charge in [-0.15, -0.1) is 10.2 Å². The molecule has 166 valence electrons. The summed E-state index contributed by atoms with van der Waals surface area (Å²) < 4.78 is 29.6. The average molecular weight is 431 g/mol. The molecule has 2 aromatic rings. The molecule has 0 radical (unpaired) electrons. The first-order valence-electron chi connectivity index (χ1n) is 10.4. The Morgan fingerprint density at radius 1 is 1.19 bits per heavy atom. The first-order chi connectivity index (χ1) is 14.7. The number of carbonyl (C=O) groups is 1. The van der Waals surface area contributed by atoms with Crippen molar-refractivity contribution in [1.82, 2.24) is 20.0 Å². The fraction of sp³-hybridized carbons (Fsp3) is 0.500. The molecule has 9 heteroatoms. The number of aromatic nitrogens is 2. The van der Waals surface area contributed by atoms with Gasteiger partial charge in [0.2, 0.25) is 0 Å². The van der Waals surface area contributed by atoms with Crippen molar-refractivity contribution >= 4 is 11.7 Å². The Morgan fingerprint density at radius 2 is 1.94 bits per heavy atom. The largest absolute Gasteiger partial charge is 0.507 e. The standard InChI is InChI=1S/C22H27F2N5O2/c1-27(2)22(31)13-11-19(30)14(10-15(13)23)16-6-8-20(26-25-16)29(4)18-9-12-5-7-17(21(18)24)28(12)3/h6,8,10-12,17-18,21,30H,5,7,9H2,1-4H3/t12?,17?,18-,21+/m1/s1. The molecule has 1 N–H and O–H groups in total. The summed E-state index contributed by atoms with van der Waals surface area (Å²) in [7, 11) is 6.81. The predicted octanol–water partition coefficient (Wildman–Crippen LogP) is 2.70. The summed E-state index contributed by atoms with van der Waals surface area (Å²) in [5.74, 6) is -1.05. The van der Waals surface area contributed by atoms with Gasteiger partial charge >= 0.3 is 0 Å². The average Bonchev–Trinajstić information content (AvgIpc) is 3.01. The number of hydrogen-bond donors (Lipinski definition) is 1. The van der Waals surface area contributed by atoms with Crippen molar-refractivity contribution in [3.05, 3.63) is 35.6 Å². The minimum atomic E-state index is -0.977. The Labute approximate surface area is 180 Å². The second-order valence-corrected chi connectivity index (χ2v) is 8.65. The zero-order valence-electron chi connectivity index (χ0n) is 18.1. The van der Waals surface area contributed by atoms with E-state index in [1.54, 1.807) is 12.1 Å². The monoisotopic (exact) mass is 431 g/mol. The van der Waals surface area contributed by atoms with E-state index in [1.165, 1.54) is 19.0 Å². The van der Waals surface area contributed by atoms with E-state index in [2.05, 4.69) is 15.1 Å². The number of alkyl halides is 1. The van der Waals surface area contributed by atoms with Gasteiger partial charge in [0.15, 0.2) is 5.82 Å². The van der Waals surface area contributed by atoms with Crippen LogP contribution in [0.2, 0.25) is 0 Å². The quantitative estimate of drug-likeness (QED) is 0.803. The van der Waals surface area contributed by atoms with Crippen molar-refractivity contribution in [2.45, 2.75) is 43.6 Å². The lowest BCUT2D eigenvalue weighted by Gasteiger charge is -2.43. The number of carbonyl (C=O) groups excluding carboxylic acids is 1. The molecule has 2 aliphatic heterocycles. The number of amides is 1. The normalized spacial score (nSPS) is 25.5. The summed E-state index contributed by atoms with van der Waals surface area (Å²) in [6.45, 7) is 0. The highest BCUT2D eigenvalue weighted by Gasteiger charge is 2.47. The predicted molar refractivity (Wildman–Crippen MR) is 113 cm³/mol. The van der Waals surface area contributed by atoms with Crippen molar-refractivity contribution in [3.8, 4) is 17.0 Å². The molecule has 7 nitrogen and oxygen atoms in total. The first kappa shape index (κ1) is 21.4. The van der Waals surface area contributed by atoms with E-state index < -0.39 is 17.9 Å². The molecule has 4 atom stereocenters. The summed E-state index contributed by atoms with van der Waals surface area (Å²) in [6, 6.07) is 5.49. The van der Waals surface area contributed by atoms with Crippen LogP contribution in [0.5, 0.6) is 5.75 Å². The minimum absolute atomic E-state index is 0.0678. The third kappa shape index (κ3) is 3.71. The van der Waals surface area contributed by atoms with Gasteiger partial charge in [-0.2, -0.15) is 0 Å². The second kappa shape index (κ2) is 8.03. The fourth-order valence-corrected chi connectivity index (χ4v) is 4.74. The molecule has 2 fully saturated rings. The number of anilines is 1. The Hall–Kier alpha value is -2.81. The molecule has 3 heterocycles. The van der Waals surface area contributed by atoms with E-state index in [0.29, 0.717) is 11.9 Å². The lowest BCUT2D eigenvalue weighted by molar-refractivity contribution is 0.0701. The molecule has 2 aliphatic rings. The Morgan fingerprint density at radius 3 is 2.58 bits per heavy atom. The molecular weight excluding hydrogens is 404 g/mol. The van der Waals surface area contributed by atoms with Gasteiger partial charge in [0.25, 0.3) is 5.91 Å². The Kier molecular flexibility index (Phi) is 5.55. The number of rotatable bonds is 4. The maximum absolute atomic E-state index is 15.1. The molecular formula is C22H27F2N5O2. The van der Waals surface area contributed by atoms with E-state index in [0.717, 1.165) is 31.4 Å². The molecule has 2 unspecified atom stereocenters. The molecule has 2 saturated heterocycles. The fourth-order valence-electron chi connectivity index (χ4n) is 4.74. The van der Waals surface area contributed by atoms with Gasteiger partial charge in [0, 0.05) is 38.8 Å². The lowest BCUT2D eigenvalue weighted by Crippen LogP contribution is -2.56. The van der Waals surface area contributed by atoms with Crippen LogP contribution in [0.4, 0.5) is 14.6 Å². The van der Waals surface area contributed by atoms with Gasteiger partial charge < -0.3 is 14.9 Å². The van der Waals surface area contributed by atoms with E-state index >= 15 is 4.39 Å². The highest BCUT2D eigenvalue weighted by molar-refractivity contribution is 5.95. The number of phenols is 1. The smallest absolute Gasteiger partial charge is 0.256 e. The lowest BCUT2D eigenvalue weighted by atomic mass is 9.95. The van der Waals surface area contributed by atoms with Gasteiger partial charge in [0.1, 0.15) is 17.7 Å². The van der Waals surface area contributed by atoms with E-state index in [4.69, 9.17) is 0 Å². The van der Waals surface area contributed by atoms with Crippen LogP contribution in [0, 0.1) is 5.82 Å². The SMILES string of the molecule is CN(C)C(=O)c1cc(O)c(-c2ccc(N(C)[C@@H]3CC4CCC([C@@H]3F)N4C)nn2)cc1F. The first-order valence-corrected chi connectivity index (χ1v) is 10.4. The van der Waals surface area contributed by atoms with Gasteiger partial charge in [-0.25, -0.2) is 8.78 Å². The number of hydrogen-bond acceptors (Lipinski definition) is 6. The summed E-state index contributed by atoms with van der Waals surface area (Å²) in [5.41, 5.74) is 0.175. The number of benzene rings is 1. The van der Waals surface area contributed by atoms with E-state index in [1.807, 2.05) is 19.0 Å². The second-order valence-electron chi connectivity index (χ2n) is 8.65. The van der Waals surface area contributed by atoms with Crippen LogP contribution in [0.15, 0.2) is 24.3 Å². The molecule has 4 rings (SSSR count). The van der Waals surface area contributed by atoms with Crippen LogP contribution >= 0.6 is 0 Å². The third-order valence-corrected chi connectivity index (χ3v) is 6.65. The van der Waals surface area contributed by atoms with Gasteiger partial charge in [0.05, 0.1) is 17.3 Å². The third-order valence-electron chi connectivity index (χ3n) is 6.65. The summed E-state index contributed by atoms with van der Waals surface area (Å²) in [4.78, 5) is 17.2. The van der Waals surface area contributed by atoms with Crippen LogP contribution in [-0.2, 0) is 0 Å². The van der Waals surface area contributed by atoms with Crippen LogP contribution in [0.25, 0.3) is 11.3 Å². The molecule has 1 amide bonds. The van der Waals surface area contributed by atoms with Crippen molar-refractivity contribution in [2.24, 2.45) is 0 Å². The number of nitrogens with zero attached hydrogens (tertiary/aromatic N) is 5. The van der Waals surface area contributed by atoms with Crippen molar-refractivity contribution < 1.29 is 18.7 Å². The summed E-state index contributed by atoms with van der Waals surface area (Å²) in [5, 5.41) is 18.7. The van der Waals surface area contributed by atoms with Crippen molar-refractivity contribution in [1.29, 1.82) is 0 Å². The van der Waals surface area contributed by atoms with E-state index in [-0.39, 0.29) is 34.7 Å². The van der Waals surface area contributed by atoms with E-state index in [9.17, 15) is 14.3 Å². The highest BCUT2D eigenvalue weighted by Crippen LogP contribution is 2.39. The molecule has 0 spiro atoms. The molecule has 31 heavy (non-hydrogen) atoms. The van der Waals surface area contributed by atoms with Crippen LogP contribution in [0.1, 0.15) is 29.6 Å². The zero-order valence-corrected chi connectivity index (χ0v) is 18.1. The molecule has 1 aromatic carbocycles. The molecule has 0 saturated carbocycles. The van der Waals surface area contributed by atoms with Gasteiger partial charge in [-0.1, -0.05) is 0 Å². The van der Waals surface area contributed by atoms with Crippen LogP contribution in [-0.4, -0.2) is 83.5 Å². The maximum Gasteiger partial charge on any atom is 0.256 e. The highest BCUT2D eigenvalue weighted by atomic mass is 19.1. The molecule has 0 aliphatic carbocycles. The Bertz CT molecular complexity index is 985. The number of halogens is 2. The number of fused-ring (bicyclic) bond motifs is 2. The summed E-state index contributed by atoms with van der Waals surface area (Å²) in [6.07, 6.45) is 1.62. The van der Waals surface area contributed by atoms with Gasteiger partial charge in [-0.05, 0) is 50.6 Å². The zero-order chi connectivity index (χ0) is 22.4.